The van der Waals surface area contributed by atoms with Crippen molar-refractivity contribution in [3.63, 3.8) is 0 Å². The zero-order valence-electron chi connectivity index (χ0n) is 11.2. The Hall–Kier alpha value is -2.28. The summed E-state index contributed by atoms with van der Waals surface area (Å²) in [6.07, 6.45) is -1.33. The van der Waals surface area contributed by atoms with E-state index in [0.717, 1.165) is 13.0 Å². The van der Waals surface area contributed by atoms with Gasteiger partial charge in [0.15, 0.2) is 5.60 Å². The zero-order chi connectivity index (χ0) is 15.7. The van der Waals surface area contributed by atoms with Gasteiger partial charge in [-0.1, -0.05) is 0 Å². The molecular weight excluding hydrogens is 268 g/mol. The van der Waals surface area contributed by atoms with Crippen molar-refractivity contribution in [2.75, 3.05) is 0 Å². The molecule has 0 radical (unpaired) electrons. The molecule has 0 aliphatic carbocycles. The van der Waals surface area contributed by atoms with Gasteiger partial charge in [-0.05, 0) is 32.4 Å². The van der Waals surface area contributed by atoms with Gasteiger partial charge in [0.25, 0.3) is 0 Å². The molecule has 1 rings (SSSR count). The van der Waals surface area contributed by atoms with E-state index in [1.807, 2.05) is 0 Å². The first kappa shape index (κ1) is 15.8. The van der Waals surface area contributed by atoms with Crippen molar-refractivity contribution in [3.8, 4) is 11.5 Å². The first-order valence-corrected chi connectivity index (χ1v) is 5.76. The van der Waals surface area contributed by atoms with Gasteiger partial charge in [-0.2, -0.15) is 0 Å². The smallest absolute Gasteiger partial charge is 0.342 e. The van der Waals surface area contributed by atoms with E-state index in [2.05, 4.69) is 0 Å². The van der Waals surface area contributed by atoms with Crippen LogP contribution < -0.4 is 0 Å². The van der Waals surface area contributed by atoms with Gasteiger partial charge >= 0.3 is 11.9 Å². The Bertz CT molecular complexity index is 525. The van der Waals surface area contributed by atoms with E-state index in [9.17, 15) is 24.9 Å². The van der Waals surface area contributed by atoms with Gasteiger partial charge in [0.2, 0.25) is 0 Å². The number of aliphatic hydroxyl groups is 1. The van der Waals surface area contributed by atoms with Crippen molar-refractivity contribution in [1.82, 2.24) is 0 Å². The second kappa shape index (κ2) is 5.38. The summed E-state index contributed by atoms with van der Waals surface area (Å²) < 4.78 is 4.85. The normalized spacial score (nSPS) is 15.2. The molecule has 7 nitrogen and oxygen atoms in total. The monoisotopic (exact) mass is 284 g/mol. The fourth-order valence-electron chi connectivity index (χ4n) is 1.52. The Labute approximate surface area is 115 Å². The summed E-state index contributed by atoms with van der Waals surface area (Å²) in [4.78, 5) is 22.7. The molecule has 7 heteroatoms. The van der Waals surface area contributed by atoms with Crippen LogP contribution in [0.5, 0.6) is 11.5 Å². The number of hydrogen-bond acceptors (Lipinski definition) is 6. The highest BCUT2D eigenvalue weighted by Gasteiger charge is 2.39. The van der Waals surface area contributed by atoms with E-state index in [1.165, 1.54) is 19.9 Å². The van der Waals surface area contributed by atoms with E-state index >= 15 is 0 Å². The number of hydrogen-bond donors (Lipinski definition) is 4. The largest absolute Gasteiger partial charge is 0.508 e. The predicted molar refractivity (Wildman–Crippen MR) is 67.6 cm³/mol. The van der Waals surface area contributed by atoms with Gasteiger partial charge in [0.05, 0.1) is 0 Å². The van der Waals surface area contributed by atoms with Crippen molar-refractivity contribution < 1.29 is 34.8 Å². The molecule has 2 atom stereocenters. The van der Waals surface area contributed by atoms with Crippen LogP contribution in [-0.4, -0.2) is 44.1 Å². The molecule has 0 unspecified atom stereocenters. The Kier molecular flexibility index (Phi) is 4.24. The van der Waals surface area contributed by atoms with Gasteiger partial charge in [-0.25, -0.2) is 9.59 Å². The minimum absolute atomic E-state index is 0.198. The van der Waals surface area contributed by atoms with Gasteiger partial charge in [0.1, 0.15) is 23.2 Å². The molecule has 0 aliphatic rings. The molecule has 0 fully saturated rings. The first-order chi connectivity index (χ1) is 9.07. The highest BCUT2D eigenvalue weighted by atomic mass is 16.6. The van der Waals surface area contributed by atoms with E-state index in [1.54, 1.807) is 0 Å². The lowest BCUT2D eigenvalue weighted by atomic mass is 10.0. The van der Waals surface area contributed by atoms with Crippen molar-refractivity contribution in [2.45, 2.75) is 32.5 Å². The van der Waals surface area contributed by atoms with Crippen LogP contribution in [-0.2, 0) is 9.53 Å². The molecule has 0 saturated carbocycles. The van der Waals surface area contributed by atoms with Gasteiger partial charge in [-0.3, -0.25) is 0 Å². The maximum atomic E-state index is 11.9. The SMILES string of the molecule is Cc1cc(O)cc(O)c1C(=O)O[C@@H](C)[C@](C)(O)C(=O)O. The summed E-state index contributed by atoms with van der Waals surface area (Å²) in [5.41, 5.74) is -2.19. The zero-order valence-corrected chi connectivity index (χ0v) is 11.2. The van der Waals surface area contributed by atoms with Crippen LogP contribution in [0.4, 0.5) is 0 Å². The molecule has 0 aromatic heterocycles. The number of carbonyl (C=O) groups excluding carboxylic acids is 1. The Morgan fingerprint density at radius 2 is 1.85 bits per heavy atom. The maximum Gasteiger partial charge on any atom is 0.342 e. The second-order valence-corrected chi connectivity index (χ2v) is 4.66. The average molecular weight is 284 g/mol. The molecule has 4 N–H and O–H groups in total. The number of aromatic hydroxyl groups is 2. The van der Waals surface area contributed by atoms with Crippen LogP contribution in [0, 0.1) is 6.92 Å². The molecule has 110 valence electrons. The van der Waals surface area contributed by atoms with Crippen LogP contribution in [0.3, 0.4) is 0 Å². The Morgan fingerprint density at radius 1 is 1.30 bits per heavy atom. The summed E-state index contributed by atoms with van der Waals surface area (Å²) in [5.74, 6) is -3.24. The van der Waals surface area contributed by atoms with Crippen LogP contribution in [0.2, 0.25) is 0 Å². The second-order valence-electron chi connectivity index (χ2n) is 4.66. The molecule has 0 aliphatic heterocycles. The molecule has 1 aromatic rings. The van der Waals surface area contributed by atoms with Gasteiger partial charge in [-0.15, -0.1) is 0 Å². The third kappa shape index (κ3) is 3.00. The number of aryl methyl sites for hydroxylation is 1. The number of carbonyl (C=O) groups is 2. The van der Waals surface area contributed by atoms with Gasteiger partial charge in [0, 0.05) is 6.07 Å². The average Bonchev–Trinajstić information content (AvgIpc) is 2.26. The minimum atomic E-state index is -2.25. The molecule has 0 amide bonds. The lowest BCUT2D eigenvalue weighted by Gasteiger charge is -2.25. The highest BCUT2D eigenvalue weighted by molar-refractivity contribution is 5.94. The lowest BCUT2D eigenvalue weighted by molar-refractivity contribution is -0.167. The topological polar surface area (TPSA) is 124 Å². The number of phenols is 2. The number of phenolic OH excluding ortho intramolecular Hbond substituents is 2. The minimum Gasteiger partial charge on any atom is -0.508 e. The summed E-state index contributed by atoms with van der Waals surface area (Å²) in [7, 11) is 0. The van der Waals surface area contributed by atoms with Crippen LogP contribution in [0.25, 0.3) is 0 Å². The van der Waals surface area contributed by atoms with Crippen molar-refractivity contribution in [1.29, 1.82) is 0 Å². The number of carboxylic acid groups (broad SMARTS) is 1. The summed E-state index contributed by atoms with van der Waals surface area (Å²) >= 11 is 0. The summed E-state index contributed by atoms with van der Waals surface area (Å²) in [6, 6.07) is 2.21. The Morgan fingerprint density at radius 3 is 2.30 bits per heavy atom. The predicted octanol–water partition coefficient (Wildman–Crippen LogP) is 0.787. The Balaban J connectivity index is 3.01. The number of aliphatic carboxylic acids is 1. The number of rotatable bonds is 4. The summed E-state index contributed by atoms with van der Waals surface area (Å²) in [6.45, 7) is 3.69. The molecule has 0 spiro atoms. The number of ether oxygens (including phenoxy) is 1. The van der Waals surface area contributed by atoms with Crippen molar-refractivity contribution >= 4 is 11.9 Å². The third-order valence-corrected chi connectivity index (χ3v) is 3.01. The van der Waals surface area contributed by atoms with E-state index in [-0.39, 0.29) is 16.9 Å². The van der Waals surface area contributed by atoms with E-state index in [0.29, 0.717) is 0 Å². The maximum absolute atomic E-state index is 11.9. The van der Waals surface area contributed by atoms with Gasteiger partial charge < -0.3 is 25.2 Å². The molecule has 0 heterocycles. The van der Waals surface area contributed by atoms with E-state index in [4.69, 9.17) is 9.84 Å². The quantitative estimate of drug-likeness (QED) is 0.602. The standard InChI is InChI=1S/C13H16O7/c1-6-4-8(14)5-9(15)10(6)11(16)20-7(2)13(3,19)12(17)18/h4-5,7,14-15,19H,1-3H3,(H,17,18)/t7-,13-/m0/s1. The third-order valence-electron chi connectivity index (χ3n) is 3.01. The first-order valence-electron chi connectivity index (χ1n) is 5.76. The number of benzene rings is 1. The number of esters is 1. The molecule has 0 bridgehead atoms. The van der Waals surface area contributed by atoms with E-state index < -0.39 is 29.4 Å². The molecule has 0 saturated heterocycles. The lowest BCUT2D eigenvalue weighted by Crippen LogP contribution is -2.47. The van der Waals surface area contributed by atoms with Crippen LogP contribution >= 0.6 is 0 Å². The highest BCUT2D eigenvalue weighted by Crippen LogP contribution is 2.28. The molecule has 20 heavy (non-hydrogen) atoms. The fourth-order valence-corrected chi connectivity index (χ4v) is 1.52. The number of carboxylic acids is 1. The summed E-state index contributed by atoms with van der Waals surface area (Å²) in [5, 5.41) is 37.4. The fraction of sp³-hybridized carbons (Fsp3) is 0.385. The van der Waals surface area contributed by atoms with Crippen LogP contribution in [0.1, 0.15) is 29.8 Å². The van der Waals surface area contributed by atoms with Crippen molar-refractivity contribution in [2.24, 2.45) is 0 Å². The van der Waals surface area contributed by atoms with Crippen molar-refractivity contribution in [3.05, 3.63) is 23.3 Å². The van der Waals surface area contributed by atoms with Crippen LogP contribution in [0.15, 0.2) is 12.1 Å². The molecule has 1 aromatic carbocycles. The molecular formula is C13H16O7.